The van der Waals surface area contributed by atoms with Crippen LogP contribution in [0, 0.1) is 13.8 Å². The SMILES string of the molecule is Cc1cccc(-n2nnc(C(=O)Nc3cc(Cl)ccc3N(C)C)c2C)c1. The van der Waals surface area contributed by atoms with E-state index in [0.717, 1.165) is 16.9 Å². The van der Waals surface area contributed by atoms with Gasteiger partial charge < -0.3 is 10.2 Å². The molecule has 0 unspecified atom stereocenters. The number of hydrogen-bond donors (Lipinski definition) is 1. The van der Waals surface area contributed by atoms with Crippen molar-refractivity contribution in [3.05, 3.63) is 64.4 Å². The number of carbonyl (C=O) groups excluding carboxylic acids is 1. The van der Waals surface area contributed by atoms with Gasteiger partial charge in [-0.3, -0.25) is 4.79 Å². The van der Waals surface area contributed by atoms with Crippen LogP contribution in [0.25, 0.3) is 5.69 Å². The lowest BCUT2D eigenvalue weighted by atomic mass is 10.2. The summed E-state index contributed by atoms with van der Waals surface area (Å²) in [5.74, 6) is -0.327. The van der Waals surface area contributed by atoms with Crippen LogP contribution in [0.5, 0.6) is 0 Å². The molecule has 0 aliphatic rings. The molecule has 0 radical (unpaired) electrons. The van der Waals surface area contributed by atoms with Crippen LogP contribution in [-0.2, 0) is 0 Å². The number of halogens is 1. The lowest BCUT2D eigenvalue weighted by molar-refractivity contribution is 0.102. The fourth-order valence-corrected chi connectivity index (χ4v) is 2.90. The van der Waals surface area contributed by atoms with Crippen molar-refractivity contribution in [3.63, 3.8) is 0 Å². The van der Waals surface area contributed by atoms with E-state index in [1.165, 1.54) is 0 Å². The number of rotatable bonds is 4. The fourth-order valence-electron chi connectivity index (χ4n) is 2.72. The molecule has 3 rings (SSSR count). The first-order valence-electron chi connectivity index (χ1n) is 8.14. The summed E-state index contributed by atoms with van der Waals surface area (Å²) in [5.41, 5.74) is 4.39. The first-order chi connectivity index (χ1) is 12.4. The molecule has 0 bridgehead atoms. The topological polar surface area (TPSA) is 63.1 Å². The molecule has 1 heterocycles. The number of nitrogens with one attached hydrogen (secondary N) is 1. The number of aromatic nitrogens is 3. The third kappa shape index (κ3) is 3.55. The van der Waals surface area contributed by atoms with Gasteiger partial charge in [0.05, 0.1) is 22.8 Å². The van der Waals surface area contributed by atoms with Gasteiger partial charge in [0.2, 0.25) is 0 Å². The number of anilines is 2. The van der Waals surface area contributed by atoms with E-state index in [9.17, 15) is 4.79 Å². The van der Waals surface area contributed by atoms with Crippen LogP contribution < -0.4 is 10.2 Å². The Balaban J connectivity index is 1.92. The Bertz CT molecular complexity index is 964. The summed E-state index contributed by atoms with van der Waals surface area (Å²) in [7, 11) is 3.80. The average Bonchev–Trinajstić information content (AvgIpc) is 2.96. The highest BCUT2D eigenvalue weighted by molar-refractivity contribution is 6.31. The fraction of sp³-hybridized carbons (Fsp3) is 0.211. The second kappa shape index (κ2) is 7.17. The molecular formula is C19H20ClN5O. The van der Waals surface area contributed by atoms with Crippen LogP contribution in [0.2, 0.25) is 5.02 Å². The number of hydrogen-bond acceptors (Lipinski definition) is 4. The van der Waals surface area contributed by atoms with Crippen LogP contribution >= 0.6 is 11.6 Å². The molecule has 0 aliphatic carbocycles. The van der Waals surface area contributed by atoms with Gasteiger partial charge in [-0.05, 0) is 49.7 Å². The van der Waals surface area contributed by atoms with Crippen LogP contribution in [-0.4, -0.2) is 35.0 Å². The molecule has 3 aromatic rings. The van der Waals surface area contributed by atoms with Crippen molar-refractivity contribution in [2.45, 2.75) is 13.8 Å². The standard InChI is InChI=1S/C19H20ClN5O/c1-12-6-5-7-15(10-12)25-13(2)18(22-23-25)19(26)21-16-11-14(20)8-9-17(16)24(3)4/h5-11H,1-4H3,(H,21,26). The Labute approximate surface area is 157 Å². The monoisotopic (exact) mass is 369 g/mol. The molecule has 1 N–H and O–H groups in total. The van der Waals surface area contributed by atoms with Gasteiger partial charge in [0, 0.05) is 19.1 Å². The predicted octanol–water partition coefficient (Wildman–Crippen LogP) is 3.86. The molecule has 0 spiro atoms. The zero-order valence-electron chi connectivity index (χ0n) is 15.1. The quantitative estimate of drug-likeness (QED) is 0.758. The third-order valence-electron chi connectivity index (χ3n) is 4.04. The second-order valence-corrected chi connectivity index (χ2v) is 6.72. The minimum atomic E-state index is -0.327. The zero-order chi connectivity index (χ0) is 18.8. The van der Waals surface area contributed by atoms with Crippen molar-refractivity contribution >= 4 is 28.9 Å². The minimum Gasteiger partial charge on any atom is -0.376 e. The van der Waals surface area contributed by atoms with Crippen LogP contribution in [0.3, 0.4) is 0 Å². The smallest absolute Gasteiger partial charge is 0.278 e. The van der Waals surface area contributed by atoms with Gasteiger partial charge in [-0.25, -0.2) is 4.68 Å². The normalized spacial score (nSPS) is 10.7. The molecule has 1 amide bonds. The Kier molecular flexibility index (Phi) is 4.95. The van der Waals surface area contributed by atoms with Crippen molar-refractivity contribution in [1.82, 2.24) is 15.0 Å². The van der Waals surface area contributed by atoms with E-state index >= 15 is 0 Å². The summed E-state index contributed by atoms with van der Waals surface area (Å²) in [6.07, 6.45) is 0. The third-order valence-corrected chi connectivity index (χ3v) is 4.28. The molecule has 134 valence electrons. The Morgan fingerprint density at radius 3 is 2.62 bits per heavy atom. The number of aryl methyl sites for hydroxylation is 1. The zero-order valence-corrected chi connectivity index (χ0v) is 15.9. The molecule has 0 aliphatic heterocycles. The predicted molar refractivity (Wildman–Crippen MR) is 105 cm³/mol. The second-order valence-electron chi connectivity index (χ2n) is 6.28. The number of benzene rings is 2. The molecule has 7 heteroatoms. The maximum atomic E-state index is 12.7. The molecule has 26 heavy (non-hydrogen) atoms. The Hall–Kier alpha value is -2.86. The highest BCUT2D eigenvalue weighted by Crippen LogP contribution is 2.28. The van der Waals surface area contributed by atoms with Crippen molar-refractivity contribution in [2.75, 3.05) is 24.3 Å². The van der Waals surface area contributed by atoms with E-state index in [-0.39, 0.29) is 11.6 Å². The van der Waals surface area contributed by atoms with Crippen LogP contribution in [0.4, 0.5) is 11.4 Å². The minimum absolute atomic E-state index is 0.274. The summed E-state index contributed by atoms with van der Waals surface area (Å²) in [5, 5.41) is 11.6. The van der Waals surface area contributed by atoms with Gasteiger partial charge in [-0.15, -0.1) is 5.10 Å². The summed E-state index contributed by atoms with van der Waals surface area (Å²) >= 11 is 6.08. The molecule has 0 saturated carbocycles. The van der Waals surface area contributed by atoms with Gasteiger partial charge in [0.15, 0.2) is 5.69 Å². The molecule has 6 nitrogen and oxygen atoms in total. The van der Waals surface area contributed by atoms with Crippen molar-refractivity contribution in [3.8, 4) is 5.69 Å². The molecular weight excluding hydrogens is 350 g/mol. The molecule has 0 saturated heterocycles. The van der Waals surface area contributed by atoms with E-state index in [1.54, 1.807) is 16.8 Å². The number of nitrogens with zero attached hydrogens (tertiary/aromatic N) is 4. The number of amides is 1. The maximum absolute atomic E-state index is 12.7. The average molecular weight is 370 g/mol. The first kappa shape index (κ1) is 17.9. The van der Waals surface area contributed by atoms with E-state index in [0.29, 0.717) is 16.4 Å². The van der Waals surface area contributed by atoms with Gasteiger partial charge >= 0.3 is 0 Å². The Morgan fingerprint density at radius 1 is 1.15 bits per heavy atom. The highest BCUT2D eigenvalue weighted by Gasteiger charge is 2.19. The van der Waals surface area contributed by atoms with Gasteiger partial charge in [-0.2, -0.15) is 0 Å². The van der Waals surface area contributed by atoms with Crippen molar-refractivity contribution < 1.29 is 4.79 Å². The summed E-state index contributed by atoms with van der Waals surface area (Å²) < 4.78 is 1.66. The largest absolute Gasteiger partial charge is 0.376 e. The highest BCUT2D eigenvalue weighted by atomic mass is 35.5. The van der Waals surface area contributed by atoms with E-state index < -0.39 is 0 Å². The van der Waals surface area contributed by atoms with Gasteiger partial charge in [-0.1, -0.05) is 28.9 Å². The lowest BCUT2D eigenvalue weighted by Gasteiger charge is -2.18. The van der Waals surface area contributed by atoms with Gasteiger partial charge in [0.1, 0.15) is 0 Å². The summed E-state index contributed by atoms with van der Waals surface area (Å²) in [6.45, 7) is 3.83. The Morgan fingerprint density at radius 2 is 1.92 bits per heavy atom. The molecule has 1 aromatic heterocycles. The maximum Gasteiger partial charge on any atom is 0.278 e. The van der Waals surface area contributed by atoms with Crippen molar-refractivity contribution in [1.29, 1.82) is 0 Å². The lowest BCUT2D eigenvalue weighted by Crippen LogP contribution is -2.18. The van der Waals surface area contributed by atoms with E-state index in [2.05, 4.69) is 15.6 Å². The number of carbonyl (C=O) groups is 1. The summed E-state index contributed by atoms with van der Waals surface area (Å²) in [6, 6.07) is 13.2. The van der Waals surface area contributed by atoms with E-state index in [1.807, 2.05) is 63.2 Å². The van der Waals surface area contributed by atoms with Gasteiger partial charge in [0.25, 0.3) is 5.91 Å². The van der Waals surface area contributed by atoms with Crippen LogP contribution in [0.1, 0.15) is 21.7 Å². The van der Waals surface area contributed by atoms with Crippen LogP contribution in [0.15, 0.2) is 42.5 Å². The molecule has 0 atom stereocenters. The molecule has 2 aromatic carbocycles. The summed E-state index contributed by atoms with van der Waals surface area (Å²) in [4.78, 5) is 14.6. The van der Waals surface area contributed by atoms with E-state index in [4.69, 9.17) is 11.6 Å². The molecule has 0 fully saturated rings. The van der Waals surface area contributed by atoms with Crippen molar-refractivity contribution in [2.24, 2.45) is 0 Å². The first-order valence-corrected chi connectivity index (χ1v) is 8.52.